The van der Waals surface area contributed by atoms with E-state index in [1.165, 1.54) is 116 Å². The van der Waals surface area contributed by atoms with Crippen molar-refractivity contribution in [3.05, 3.63) is 122 Å². The molecule has 0 aliphatic rings. The first-order chi connectivity index (χ1) is 38.5. The maximum absolute atomic E-state index is 12.9. The number of esters is 3. The van der Waals surface area contributed by atoms with Gasteiger partial charge in [-0.3, -0.25) is 14.4 Å². The van der Waals surface area contributed by atoms with Crippen molar-refractivity contribution in [1.29, 1.82) is 0 Å². The summed E-state index contributed by atoms with van der Waals surface area (Å²) in [7, 11) is 0. The Morgan fingerprint density at radius 3 is 0.782 bits per heavy atom. The van der Waals surface area contributed by atoms with Crippen LogP contribution in [0.4, 0.5) is 0 Å². The van der Waals surface area contributed by atoms with Crippen LogP contribution in [0, 0.1) is 0 Å². The number of ether oxygens (including phenoxy) is 3. The smallest absolute Gasteiger partial charge is 0.306 e. The minimum atomic E-state index is -0.792. The largest absolute Gasteiger partial charge is 0.462 e. The van der Waals surface area contributed by atoms with E-state index in [1.54, 1.807) is 0 Å². The molecule has 0 heterocycles. The Labute approximate surface area is 482 Å². The van der Waals surface area contributed by atoms with Crippen molar-refractivity contribution < 1.29 is 28.6 Å². The van der Waals surface area contributed by atoms with Crippen molar-refractivity contribution in [3.8, 4) is 0 Å². The molecule has 0 spiro atoms. The van der Waals surface area contributed by atoms with Crippen molar-refractivity contribution in [3.63, 3.8) is 0 Å². The predicted octanol–water partition coefficient (Wildman–Crippen LogP) is 22.4. The number of carbonyl (C=O) groups is 3. The van der Waals surface area contributed by atoms with E-state index in [2.05, 4.69) is 142 Å². The summed E-state index contributed by atoms with van der Waals surface area (Å²) < 4.78 is 16.9. The highest BCUT2D eigenvalue weighted by molar-refractivity contribution is 5.71. The second kappa shape index (κ2) is 65.3. The molecule has 0 aromatic rings. The summed E-state index contributed by atoms with van der Waals surface area (Å²) >= 11 is 0. The number of rotatable bonds is 58. The van der Waals surface area contributed by atoms with Crippen molar-refractivity contribution in [2.75, 3.05) is 13.2 Å². The highest BCUT2D eigenvalue weighted by Crippen LogP contribution is 2.16. The lowest BCUT2D eigenvalue weighted by molar-refractivity contribution is -0.167. The Balaban J connectivity index is 4.33. The minimum Gasteiger partial charge on any atom is -0.462 e. The summed E-state index contributed by atoms with van der Waals surface area (Å²) in [6.07, 6.45) is 90.6. The fourth-order valence-corrected chi connectivity index (χ4v) is 8.91. The number of allylic oxidation sites excluding steroid dienone is 20. The fourth-order valence-electron chi connectivity index (χ4n) is 8.91. The quantitative estimate of drug-likeness (QED) is 0.0261. The maximum atomic E-state index is 12.9. The van der Waals surface area contributed by atoms with E-state index in [-0.39, 0.29) is 31.1 Å². The molecule has 0 aliphatic heterocycles. The van der Waals surface area contributed by atoms with Gasteiger partial charge in [0.15, 0.2) is 6.10 Å². The van der Waals surface area contributed by atoms with Crippen molar-refractivity contribution in [2.45, 2.75) is 303 Å². The first kappa shape index (κ1) is 73.8. The van der Waals surface area contributed by atoms with E-state index >= 15 is 0 Å². The third-order valence-electron chi connectivity index (χ3n) is 13.7. The highest BCUT2D eigenvalue weighted by Gasteiger charge is 2.19. The molecule has 0 fully saturated rings. The molecule has 0 saturated heterocycles. The van der Waals surface area contributed by atoms with Crippen LogP contribution in [0.3, 0.4) is 0 Å². The summed E-state index contributed by atoms with van der Waals surface area (Å²) in [6, 6.07) is 0. The van der Waals surface area contributed by atoms with Crippen LogP contribution in [0.25, 0.3) is 0 Å². The lowest BCUT2D eigenvalue weighted by Gasteiger charge is -2.18. The molecule has 0 rings (SSSR count). The number of unbranched alkanes of at least 4 members (excludes halogenated alkanes) is 27. The van der Waals surface area contributed by atoms with Gasteiger partial charge in [0.1, 0.15) is 13.2 Å². The molecule has 0 radical (unpaired) electrons. The predicted molar refractivity (Wildman–Crippen MR) is 339 cm³/mol. The molecule has 444 valence electrons. The van der Waals surface area contributed by atoms with Gasteiger partial charge in [0.25, 0.3) is 0 Å². The zero-order valence-electron chi connectivity index (χ0n) is 50.9. The molecule has 0 aliphatic carbocycles. The number of hydrogen-bond donors (Lipinski definition) is 0. The molecular formula is C72H120O6. The maximum Gasteiger partial charge on any atom is 0.306 e. The van der Waals surface area contributed by atoms with E-state index in [9.17, 15) is 14.4 Å². The van der Waals surface area contributed by atoms with E-state index in [0.717, 1.165) is 141 Å². The fraction of sp³-hybridized carbons (Fsp3) is 0.681. The van der Waals surface area contributed by atoms with Gasteiger partial charge in [0, 0.05) is 19.3 Å². The molecule has 0 aromatic heterocycles. The summed E-state index contributed by atoms with van der Waals surface area (Å²) in [6.45, 7) is 6.41. The Morgan fingerprint density at radius 1 is 0.269 bits per heavy atom. The third kappa shape index (κ3) is 62.7. The lowest BCUT2D eigenvalue weighted by atomic mass is 10.0. The summed E-state index contributed by atoms with van der Waals surface area (Å²) in [5, 5.41) is 0. The molecule has 0 aromatic carbocycles. The normalized spacial score (nSPS) is 12.9. The molecule has 0 bridgehead atoms. The summed E-state index contributed by atoms with van der Waals surface area (Å²) in [4.78, 5) is 38.3. The Hall–Kier alpha value is -4.19. The molecular weight excluding hydrogens is 961 g/mol. The van der Waals surface area contributed by atoms with E-state index in [4.69, 9.17) is 14.2 Å². The summed E-state index contributed by atoms with van der Waals surface area (Å²) in [5.41, 5.74) is 0. The molecule has 6 nitrogen and oxygen atoms in total. The molecule has 6 heteroatoms. The van der Waals surface area contributed by atoms with Crippen LogP contribution in [0.15, 0.2) is 122 Å². The van der Waals surface area contributed by atoms with Gasteiger partial charge in [-0.15, -0.1) is 0 Å². The van der Waals surface area contributed by atoms with E-state index < -0.39 is 6.10 Å². The lowest BCUT2D eigenvalue weighted by Crippen LogP contribution is -2.30. The molecule has 0 amide bonds. The zero-order chi connectivity index (χ0) is 56.4. The van der Waals surface area contributed by atoms with Crippen LogP contribution in [0.5, 0.6) is 0 Å². The second-order valence-electron chi connectivity index (χ2n) is 21.3. The van der Waals surface area contributed by atoms with Gasteiger partial charge >= 0.3 is 17.9 Å². The minimum absolute atomic E-state index is 0.0863. The molecule has 78 heavy (non-hydrogen) atoms. The van der Waals surface area contributed by atoms with Gasteiger partial charge in [-0.2, -0.15) is 0 Å². The standard InChI is InChI=1S/C72H120O6/c1-4-7-10-13-16-19-22-25-27-29-31-33-34-35-36-37-38-40-41-43-45-47-50-53-56-59-62-65-71(74)77-68-69(67-76-70(73)64-61-58-55-52-49-24-21-18-15-12-9-6-3)78-72(75)66-63-60-57-54-51-48-46-44-42-39-32-30-28-26-23-20-17-14-11-8-5-2/h7-8,10-11,16-17,19-20,25-28,31-33,35-36,39,44,46,69H,4-6,9,12-15,18,21-24,29-30,34,37-38,40-43,45,47-68H2,1-3H3/b10-7-,11-8-,19-16-,20-17-,27-25-,28-26-,33-31-,36-35-,39-32-,46-44-. The SMILES string of the molecule is CC/C=C\C/C=C\C/C=C\C/C=C\C/C=C\CCCCCCCCCCCCCC(=O)OCC(COC(=O)CCCCCCCCCCCCCC)OC(=O)CCCCCCC/C=C\C/C=C\C/C=C\C/C=C\C/C=C\CC. The van der Waals surface area contributed by atoms with Crippen LogP contribution >= 0.6 is 0 Å². The average Bonchev–Trinajstić information content (AvgIpc) is 3.44. The van der Waals surface area contributed by atoms with Crippen LogP contribution in [-0.4, -0.2) is 37.2 Å². The molecule has 0 N–H and O–H groups in total. The van der Waals surface area contributed by atoms with Crippen LogP contribution in [0.2, 0.25) is 0 Å². The van der Waals surface area contributed by atoms with Crippen molar-refractivity contribution >= 4 is 17.9 Å². The zero-order valence-corrected chi connectivity index (χ0v) is 50.9. The number of hydrogen-bond acceptors (Lipinski definition) is 6. The third-order valence-corrected chi connectivity index (χ3v) is 13.7. The molecule has 1 atom stereocenters. The Bertz CT molecular complexity index is 1620. The van der Waals surface area contributed by atoms with E-state index in [0.29, 0.717) is 19.3 Å². The van der Waals surface area contributed by atoms with Gasteiger partial charge in [0.05, 0.1) is 0 Å². The van der Waals surface area contributed by atoms with Crippen molar-refractivity contribution in [2.24, 2.45) is 0 Å². The molecule has 0 saturated carbocycles. The van der Waals surface area contributed by atoms with E-state index in [1.807, 2.05) is 0 Å². The Kier molecular flexibility index (Phi) is 61.8. The highest BCUT2D eigenvalue weighted by atomic mass is 16.6. The van der Waals surface area contributed by atoms with Crippen molar-refractivity contribution in [1.82, 2.24) is 0 Å². The first-order valence-electron chi connectivity index (χ1n) is 32.5. The average molecular weight is 1080 g/mol. The van der Waals surface area contributed by atoms with Crippen LogP contribution < -0.4 is 0 Å². The Morgan fingerprint density at radius 2 is 0.500 bits per heavy atom. The van der Waals surface area contributed by atoms with Gasteiger partial charge in [-0.25, -0.2) is 0 Å². The van der Waals surface area contributed by atoms with Gasteiger partial charge in [-0.1, -0.05) is 290 Å². The summed E-state index contributed by atoms with van der Waals surface area (Å²) in [5.74, 6) is -0.902. The van der Waals surface area contributed by atoms with Gasteiger partial charge in [-0.05, 0) is 109 Å². The number of carbonyl (C=O) groups excluding carboxylic acids is 3. The van der Waals surface area contributed by atoms with Crippen LogP contribution in [0.1, 0.15) is 297 Å². The van der Waals surface area contributed by atoms with Crippen LogP contribution in [-0.2, 0) is 28.6 Å². The van der Waals surface area contributed by atoms with Gasteiger partial charge in [0.2, 0.25) is 0 Å². The first-order valence-corrected chi connectivity index (χ1v) is 32.5. The van der Waals surface area contributed by atoms with Gasteiger partial charge < -0.3 is 14.2 Å². The topological polar surface area (TPSA) is 78.9 Å². The molecule has 1 unspecified atom stereocenters. The monoisotopic (exact) mass is 1080 g/mol. The second-order valence-corrected chi connectivity index (χ2v) is 21.3.